The van der Waals surface area contributed by atoms with Crippen molar-refractivity contribution in [2.24, 2.45) is 0 Å². The van der Waals surface area contributed by atoms with Crippen LogP contribution in [0.25, 0.3) is 0 Å². The van der Waals surface area contributed by atoms with Gasteiger partial charge in [-0.2, -0.15) is 0 Å². The number of ether oxygens (including phenoxy) is 2. The lowest BCUT2D eigenvalue weighted by Crippen LogP contribution is -2.02. The van der Waals surface area contributed by atoms with Gasteiger partial charge < -0.3 is 9.47 Å². The molecule has 0 saturated carbocycles. The molecule has 3 nitrogen and oxygen atoms in total. The fraction of sp³-hybridized carbons (Fsp3) is 0.188. The van der Waals surface area contributed by atoms with Crippen LogP contribution < -0.4 is 9.47 Å². The van der Waals surface area contributed by atoms with E-state index in [0.717, 1.165) is 15.4 Å². The summed E-state index contributed by atoms with van der Waals surface area (Å²) in [5.74, 6) is 0.780. The number of carbonyl (C=O) groups excluding carboxylic acids is 1. The normalized spacial score (nSPS) is 10.2. The third kappa shape index (κ3) is 4.17. The Balaban J connectivity index is 2.24. The molecule has 0 unspecified atom stereocenters. The number of benzene rings is 2. The van der Waals surface area contributed by atoms with E-state index in [1.165, 1.54) is 12.1 Å². The number of rotatable bonds is 6. The lowest BCUT2D eigenvalue weighted by atomic mass is 10.2. The maximum absolute atomic E-state index is 13.2. The molecule has 0 heterocycles. The summed E-state index contributed by atoms with van der Waals surface area (Å²) in [5, 5.41) is 0. The Morgan fingerprint density at radius 3 is 2.71 bits per heavy atom. The van der Waals surface area contributed by atoms with Crippen molar-refractivity contribution in [2.45, 2.75) is 13.5 Å². The molecule has 0 aromatic heterocycles. The van der Waals surface area contributed by atoms with Gasteiger partial charge in [-0.05, 0) is 59.3 Å². The second-order valence-electron chi connectivity index (χ2n) is 4.30. The van der Waals surface area contributed by atoms with Gasteiger partial charge in [-0.1, -0.05) is 12.1 Å². The molecule has 0 fully saturated rings. The third-order valence-electron chi connectivity index (χ3n) is 2.74. The van der Waals surface area contributed by atoms with Gasteiger partial charge in [-0.15, -0.1) is 0 Å². The molecule has 0 aliphatic rings. The summed E-state index contributed by atoms with van der Waals surface area (Å²) >= 11 is 2.09. The van der Waals surface area contributed by atoms with E-state index in [9.17, 15) is 9.18 Å². The first-order chi connectivity index (χ1) is 10.1. The Morgan fingerprint density at radius 1 is 1.24 bits per heavy atom. The predicted octanol–water partition coefficient (Wildman–Crippen LogP) is 4.22. The monoisotopic (exact) mass is 400 g/mol. The summed E-state index contributed by atoms with van der Waals surface area (Å²) in [4.78, 5) is 10.9. The van der Waals surface area contributed by atoms with Crippen LogP contribution in [0.4, 0.5) is 4.39 Å². The molecule has 21 heavy (non-hydrogen) atoms. The van der Waals surface area contributed by atoms with Crippen molar-refractivity contribution in [2.75, 3.05) is 6.61 Å². The van der Waals surface area contributed by atoms with Crippen LogP contribution in [0.3, 0.4) is 0 Å². The van der Waals surface area contributed by atoms with E-state index in [-0.39, 0.29) is 12.4 Å². The summed E-state index contributed by atoms with van der Waals surface area (Å²) in [6, 6.07) is 9.59. The molecule has 5 heteroatoms. The Labute approximate surface area is 136 Å². The maximum Gasteiger partial charge on any atom is 0.175 e. The molecular weight excluding hydrogens is 386 g/mol. The molecule has 0 aliphatic heterocycles. The average molecular weight is 400 g/mol. The van der Waals surface area contributed by atoms with Crippen molar-refractivity contribution in [3.05, 3.63) is 56.9 Å². The zero-order chi connectivity index (χ0) is 15.2. The lowest BCUT2D eigenvalue weighted by Gasteiger charge is -2.14. The third-order valence-corrected chi connectivity index (χ3v) is 3.54. The van der Waals surface area contributed by atoms with Crippen LogP contribution in [0.15, 0.2) is 36.4 Å². The van der Waals surface area contributed by atoms with Crippen molar-refractivity contribution >= 4 is 28.9 Å². The van der Waals surface area contributed by atoms with Gasteiger partial charge in [-0.3, -0.25) is 4.79 Å². The molecule has 2 aromatic carbocycles. The smallest absolute Gasteiger partial charge is 0.175 e. The highest BCUT2D eigenvalue weighted by Crippen LogP contribution is 2.34. The van der Waals surface area contributed by atoms with Gasteiger partial charge >= 0.3 is 0 Å². The molecule has 0 atom stereocenters. The second-order valence-corrected chi connectivity index (χ2v) is 5.46. The van der Waals surface area contributed by atoms with Crippen molar-refractivity contribution < 1.29 is 18.7 Å². The Bertz CT molecular complexity index is 643. The van der Waals surface area contributed by atoms with E-state index < -0.39 is 0 Å². The molecule has 110 valence electrons. The molecule has 0 bridgehead atoms. The molecule has 0 spiro atoms. The van der Waals surface area contributed by atoms with E-state index >= 15 is 0 Å². The molecular formula is C16H14FIO3. The summed E-state index contributed by atoms with van der Waals surface area (Å²) in [7, 11) is 0. The SMILES string of the molecule is CCOc1cc(C=O)cc(I)c1OCc1cccc(F)c1. The van der Waals surface area contributed by atoms with Crippen LogP contribution in [0.2, 0.25) is 0 Å². The molecule has 0 radical (unpaired) electrons. The van der Waals surface area contributed by atoms with E-state index in [1.807, 2.05) is 6.92 Å². The fourth-order valence-electron chi connectivity index (χ4n) is 1.84. The summed E-state index contributed by atoms with van der Waals surface area (Å²) in [6.45, 7) is 2.56. The molecule has 2 rings (SSSR count). The molecule has 0 N–H and O–H groups in total. The van der Waals surface area contributed by atoms with Crippen LogP contribution in [-0.4, -0.2) is 12.9 Å². The summed E-state index contributed by atoms with van der Waals surface area (Å²) < 4.78 is 25.2. The minimum Gasteiger partial charge on any atom is -0.490 e. The molecule has 2 aromatic rings. The first kappa shape index (κ1) is 15.8. The minimum absolute atomic E-state index is 0.230. The van der Waals surface area contributed by atoms with Crippen LogP contribution in [0.1, 0.15) is 22.8 Å². The van der Waals surface area contributed by atoms with Gasteiger partial charge in [0.05, 0.1) is 10.2 Å². The Hall–Kier alpha value is -1.63. The number of aldehydes is 1. The van der Waals surface area contributed by atoms with Gasteiger partial charge in [-0.25, -0.2) is 4.39 Å². The van der Waals surface area contributed by atoms with E-state index in [1.54, 1.807) is 24.3 Å². The quantitative estimate of drug-likeness (QED) is 0.538. The Morgan fingerprint density at radius 2 is 2.05 bits per heavy atom. The Kier molecular flexibility index (Phi) is 5.55. The van der Waals surface area contributed by atoms with Crippen molar-refractivity contribution in [1.29, 1.82) is 0 Å². The van der Waals surface area contributed by atoms with Crippen molar-refractivity contribution in [1.82, 2.24) is 0 Å². The standard InChI is InChI=1S/C16H14FIO3/c1-2-20-15-8-12(9-19)7-14(18)16(15)21-10-11-4-3-5-13(17)6-11/h3-9H,2,10H2,1H3. The number of carbonyl (C=O) groups is 1. The van der Waals surface area contributed by atoms with Crippen molar-refractivity contribution in [3.63, 3.8) is 0 Å². The second kappa shape index (κ2) is 7.40. The zero-order valence-electron chi connectivity index (χ0n) is 11.4. The van der Waals surface area contributed by atoms with Crippen LogP contribution in [0.5, 0.6) is 11.5 Å². The lowest BCUT2D eigenvalue weighted by molar-refractivity contribution is 0.112. The number of hydrogen-bond donors (Lipinski definition) is 0. The topological polar surface area (TPSA) is 35.5 Å². The summed E-state index contributed by atoms with van der Waals surface area (Å²) in [6.07, 6.45) is 0.765. The first-order valence-corrected chi connectivity index (χ1v) is 7.50. The number of halogens is 2. The van der Waals surface area contributed by atoms with E-state index in [4.69, 9.17) is 9.47 Å². The highest BCUT2D eigenvalue weighted by molar-refractivity contribution is 14.1. The zero-order valence-corrected chi connectivity index (χ0v) is 13.6. The van der Waals surface area contributed by atoms with E-state index in [2.05, 4.69) is 22.6 Å². The average Bonchev–Trinajstić information content (AvgIpc) is 2.46. The number of hydrogen-bond acceptors (Lipinski definition) is 3. The summed E-state index contributed by atoms with van der Waals surface area (Å²) in [5.41, 5.74) is 1.26. The highest BCUT2D eigenvalue weighted by Gasteiger charge is 2.12. The molecule has 0 aliphatic carbocycles. The van der Waals surface area contributed by atoms with Gasteiger partial charge in [0.1, 0.15) is 18.7 Å². The largest absolute Gasteiger partial charge is 0.490 e. The van der Waals surface area contributed by atoms with Crippen molar-refractivity contribution in [3.8, 4) is 11.5 Å². The van der Waals surface area contributed by atoms with Gasteiger partial charge in [0, 0.05) is 5.56 Å². The van der Waals surface area contributed by atoms with Gasteiger partial charge in [0.2, 0.25) is 0 Å². The minimum atomic E-state index is -0.299. The highest BCUT2D eigenvalue weighted by atomic mass is 127. The van der Waals surface area contributed by atoms with Gasteiger partial charge in [0.25, 0.3) is 0 Å². The van der Waals surface area contributed by atoms with Crippen LogP contribution in [0, 0.1) is 9.39 Å². The fourth-order valence-corrected chi connectivity index (χ4v) is 2.62. The molecule has 0 amide bonds. The van der Waals surface area contributed by atoms with Crippen LogP contribution in [-0.2, 0) is 6.61 Å². The predicted molar refractivity (Wildman–Crippen MR) is 86.4 cm³/mol. The molecule has 0 saturated heterocycles. The first-order valence-electron chi connectivity index (χ1n) is 6.42. The van der Waals surface area contributed by atoms with Gasteiger partial charge in [0.15, 0.2) is 11.5 Å². The van der Waals surface area contributed by atoms with Crippen LogP contribution >= 0.6 is 22.6 Å². The maximum atomic E-state index is 13.2. The van der Waals surface area contributed by atoms with E-state index in [0.29, 0.717) is 23.7 Å².